The predicted molar refractivity (Wildman–Crippen MR) is 93.5 cm³/mol. The third-order valence-electron chi connectivity index (χ3n) is 2.64. The molecule has 1 aromatic carbocycles. The summed E-state index contributed by atoms with van der Waals surface area (Å²) >= 11 is 0. The van der Waals surface area contributed by atoms with Gasteiger partial charge in [0.25, 0.3) is 0 Å². The topological polar surface area (TPSA) is 106 Å². The van der Waals surface area contributed by atoms with Crippen molar-refractivity contribution in [2.45, 2.75) is 33.3 Å². The molecule has 8 nitrogen and oxygen atoms in total. The second-order valence-corrected chi connectivity index (χ2v) is 6.26. The van der Waals surface area contributed by atoms with Crippen LogP contribution in [0, 0.1) is 0 Å². The van der Waals surface area contributed by atoms with Gasteiger partial charge in [0.2, 0.25) is 11.8 Å². The van der Waals surface area contributed by atoms with Gasteiger partial charge < -0.3 is 25.4 Å². The Kier molecular flexibility index (Phi) is 7.71. The average Bonchev–Trinajstić information content (AvgIpc) is 2.47. The number of nitrogens with one attached hydrogen (secondary N) is 3. The molecule has 0 aliphatic carbocycles. The number of hydrogen-bond donors (Lipinski definition) is 3. The first-order chi connectivity index (χ1) is 11.7. The van der Waals surface area contributed by atoms with E-state index in [1.54, 1.807) is 45.0 Å². The van der Waals surface area contributed by atoms with Gasteiger partial charge in [-0.3, -0.25) is 9.59 Å². The number of alkyl carbamates (subject to hydrolysis) is 1. The molecule has 0 atom stereocenters. The number of anilines is 1. The normalized spacial score (nSPS) is 10.6. The number of carbonyl (C=O) groups is 3. The molecule has 8 heteroatoms. The predicted octanol–water partition coefficient (Wildman–Crippen LogP) is 1.66. The van der Waals surface area contributed by atoms with Crippen molar-refractivity contribution in [3.05, 3.63) is 24.3 Å². The lowest BCUT2D eigenvalue weighted by atomic mass is 10.2. The Hall–Kier alpha value is -2.77. The first kappa shape index (κ1) is 20.3. The van der Waals surface area contributed by atoms with E-state index in [1.807, 2.05) is 0 Å². The standard InChI is InChI=1S/C17H25N3O5/c1-12(21)20-13-6-5-7-14(10-13)24-9-8-18-15(22)11-19-16(23)25-17(2,3)4/h5-7,10H,8-9,11H2,1-4H3,(H,18,22)(H,19,23)(H,20,21). The van der Waals surface area contributed by atoms with Crippen molar-refractivity contribution in [1.29, 1.82) is 0 Å². The Labute approximate surface area is 147 Å². The molecule has 0 bridgehead atoms. The Morgan fingerprint density at radius 2 is 1.84 bits per heavy atom. The highest BCUT2D eigenvalue weighted by Crippen LogP contribution is 2.16. The number of amides is 3. The lowest BCUT2D eigenvalue weighted by Crippen LogP contribution is -2.40. The Bertz CT molecular complexity index is 611. The zero-order chi connectivity index (χ0) is 18.9. The van der Waals surface area contributed by atoms with Gasteiger partial charge in [-0.25, -0.2) is 4.79 Å². The molecule has 0 spiro atoms. The van der Waals surface area contributed by atoms with Gasteiger partial charge in [0.05, 0.1) is 13.1 Å². The zero-order valence-corrected chi connectivity index (χ0v) is 15.0. The van der Waals surface area contributed by atoms with Gasteiger partial charge in [-0.2, -0.15) is 0 Å². The van der Waals surface area contributed by atoms with E-state index in [2.05, 4.69) is 16.0 Å². The summed E-state index contributed by atoms with van der Waals surface area (Å²) < 4.78 is 10.5. The fraction of sp³-hybridized carbons (Fsp3) is 0.471. The van der Waals surface area contributed by atoms with Crippen molar-refractivity contribution in [1.82, 2.24) is 10.6 Å². The van der Waals surface area contributed by atoms with E-state index in [0.29, 0.717) is 11.4 Å². The largest absolute Gasteiger partial charge is 0.492 e. The second kappa shape index (κ2) is 9.51. The first-order valence-electron chi connectivity index (χ1n) is 7.90. The highest BCUT2D eigenvalue weighted by molar-refractivity contribution is 5.88. The van der Waals surface area contributed by atoms with E-state index in [0.717, 1.165) is 0 Å². The van der Waals surface area contributed by atoms with E-state index >= 15 is 0 Å². The van der Waals surface area contributed by atoms with Gasteiger partial charge in [-0.1, -0.05) is 6.07 Å². The van der Waals surface area contributed by atoms with E-state index in [-0.39, 0.29) is 31.5 Å². The summed E-state index contributed by atoms with van der Waals surface area (Å²) in [4.78, 5) is 34.0. The maximum Gasteiger partial charge on any atom is 0.408 e. The molecule has 0 saturated heterocycles. The number of ether oxygens (including phenoxy) is 2. The molecule has 0 saturated carbocycles. The van der Waals surface area contributed by atoms with Crippen LogP contribution in [0.1, 0.15) is 27.7 Å². The molecule has 1 rings (SSSR count). The van der Waals surface area contributed by atoms with Crippen LogP contribution in [0.5, 0.6) is 5.75 Å². The molecular formula is C17H25N3O5. The Morgan fingerprint density at radius 1 is 1.12 bits per heavy atom. The maximum atomic E-state index is 11.6. The monoisotopic (exact) mass is 351 g/mol. The molecule has 25 heavy (non-hydrogen) atoms. The fourth-order valence-electron chi connectivity index (χ4n) is 1.76. The quantitative estimate of drug-likeness (QED) is 0.648. The highest BCUT2D eigenvalue weighted by atomic mass is 16.6. The molecule has 0 aliphatic heterocycles. The van der Waals surface area contributed by atoms with Crippen molar-refractivity contribution < 1.29 is 23.9 Å². The molecule has 0 heterocycles. The summed E-state index contributed by atoms with van der Waals surface area (Å²) in [5.74, 6) is 0.0655. The average molecular weight is 351 g/mol. The van der Waals surface area contributed by atoms with Crippen LogP contribution in [-0.2, 0) is 14.3 Å². The molecule has 0 aromatic heterocycles. The minimum absolute atomic E-state index is 0.165. The minimum atomic E-state index is -0.645. The molecule has 3 N–H and O–H groups in total. The second-order valence-electron chi connectivity index (χ2n) is 6.26. The van der Waals surface area contributed by atoms with Gasteiger partial charge in [-0.15, -0.1) is 0 Å². The summed E-state index contributed by atoms with van der Waals surface area (Å²) in [5, 5.41) is 7.64. The van der Waals surface area contributed by atoms with Crippen molar-refractivity contribution in [2.24, 2.45) is 0 Å². The van der Waals surface area contributed by atoms with E-state index in [1.165, 1.54) is 6.92 Å². The molecule has 3 amide bonds. The van der Waals surface area contributed by atoms with Gasteiger partial charge in [0.1, 0.15) is 18.0 Å². The van der Waals surface area contributed by atoms with Crippen molar-refractivity contribution in [3.63, 3.8) is 0 Å². The Balaban J connectivity index is 2.23. The van der Waals surface area contributed by atoms with Crippen LogP contribution >= 0.6 is 0 Å². The van der Waals surface area contributed by atoms with Crippen LogP contribution < -0.4 is 20.7 Å². The number of hydrogen-bond acceptors (Lipinski definition) is 5. The van der Waals surface area contributed by atoms with Gasteiger partial charge in [0.15, 0.2) is 0 Å². The molecule has 0 aliphatic rings. The van der Waals surface area contributed by atoms with Crippen LogP contribution in [0.25, 0.3) is 0 Å². The molecular weight excluding hydrogens is 326 g/mol. The van der Waals surface area contributed by atoms with Gasteiger partial charge in [0, 0.05) is 18.7 Å². The lowest BCUT2D eigenvalue weighted by Gasteiger charge is -2.19. The molecule has 0 fully saturated rings. The SMILES string of the molecule is CC(=O)Nc1cccc(OCCNC(=O)CNC(=O)OC(C)(C)C)c1. The van der Waals surface area contributed by atoms with Crippen molar-refractivity contribution >= 4 is 23.6 Å². The minimum Gasteiger partial charge on any atom is -0.492 e. The Morgan fingerprint density at radius 3 is 2.48 bits per heavy atom. The van der Waals surface area contributed by atoms with Crippen LogP contribution in [0.15, 0.2) is 24.3 Å². The summed E-state index contributed by atoms with van der Waals surface area (Å²) in [7, 11) is 0. The van der Waals surface area contributed by atoms with Crippen LogP contribution in [0.4, 0.5) is 10.5 Å². The smallest absolute Gasteiger partial charge is 0.408 e. The van der Waals surface area contributed by atoms with E-state index in [4.69, 9.17) is 9.47 Å². The molecule has 0 unspecified atom stereocenters. The molecule has 0 radical (unpaired) electrons. The third kappa shape index (κ3) is 9.85. The maximum absolute atomic E-state index is 11.6. The van der Waals surface area contributed by atoms with Crippen LogP contribution in [0.3, 0.4) is 0 Å². The zero-order valence-electron chi connectivity index (χ0n) is 15.0. The van der Waals surface area contributed by atoms with Crippen molar-refractivity contribution in [2.75, 3.05) is 25.0 Å². The summed E-state index contributed by atoms with van der Waals surface area (Å²) in [6, 6.07) is 6.94. The third-order valence-corrected chi connectivity index (χ3v) is 2.64. The number of benzene rings is 1. The highest BCUT2D eigenvalue weighted by Gasteiger charge is 2.16. The first-order valence-corrected chi connectivity index (χ1v) is 7.90. The van der Waals surface area contributed by atoms with E-state index in [9.17, 15) is 14.4 Å². The molecule has 138 valence electrons. The molecule has 1 aromatic rings. The number of rotatable bonds is 7. The van der Waals surface area contributed by atoms with Crippen LogP contribution in [0.2, 0.25) is 0 Å². The van der Waals surface area contributed by atoms with E-state index < -0.39 is 11.7 Å². The fourth-order valence-corrected chi connectivity index (χ4v) is 1.76. The summed E-state index contributed by atoms with van der Waals surface area (Å²) in [5.41, 5.74) is 0.0239. The van der Waals surface area contributed by atoms with Crippen LogP contribution in [-0.4, -0.2) is 43.2 Å². The summed E-state index contributed by atoms with van der Waals surface area (Å²) in [6.07, 6.45) is -0.645. The summed E-state index contributed by atoms with van der Waals surface area (Å²) in [6.45, 7) is 7.00. The number of carbonyl (C=O) groups excluding carboxylic acids is 3. The lowest BCUT2D eigenvalue weighted by molar-refractivity contribution is -0.120. The van der Waals surface area contributed by atoms with Crippen molar-refractivity contribution in [3.8, 4) is 5.75 Å². The van der Waals surface area contributed by atoms with Gasteiger partial charge in [-0.05, 0) is 32.9 Å². The van der Waals surface area contributed by atoms with Gasteiger partial charge >= 0.3 is 6.09 Å².